The number of hydrogen-bond acceptors (Lipinski definition) is 3. The van der Waals surface area contributed by atoms with Crippen LogP contribution in [0.1, 0.15) is 52.0 Å². The summed E-state index contributed by atoms with van der Waals surface area (Å²) in [6, 6.07) is 12.8. The summed E-state index contributed by atoms with van der Waals surface area (Å²) < 4.78 is 6.45. The Morgan fingerprint density at radius 1 is 1.10 bits per heavy atom. The molecule has 4 rings (SSSR count). The maximum absolute atomic E-state index is 11.0. The van der Waals surface area contributed by atoms with E-state index in [0.717, 1.165) is 31.1 Å². The van der Waals surface area contributed by atoms with Crippen molar-refractivity contribution in [1.82, 2.24) is 4.90 Å². The molecule has 1 N–H and O–H groups in total. The van der Waals surface area contributed by atoms with Crippen LogP contribution in [0, 0.1) is 17.3 Å². The molecule has 29 heavy (non-hydrogen) atoms. The lowest BCUT2D eigenvalue weighted by Gasteiger charge is -2.37. The molecule has 0 aromatic heterocycles. The fraction of sp³-hybridized carbons (Fsp3) is 0.560. The number of carboxylic acids is 1. The third kappa shape index (κ3) is 4.58. The molecule has 0 radical (unpaired) electrons. The normalized spacial score (nSPS) is 23.7. The van der Waals surface area contributed by atoms with Gasteiger partial charge in [0.15, 0.2) is 0 Å². The van der Waals surface area contributed by atoms with Crippen LogP contribution in [0.4, 0.5) is 0 Å². The summed E-state index contributed by atoms with van der Waals surface area (Å²) in [6.07, 6.45) is 5.08. The molecule has 0 bridgehead atoms. The molecule has 156 valence electrons. The number of carbonyl (C=O) groups is 1. The van der Waals surface area contributed by atoms with E-state index < -0.39 is 5.97 Å². The van der Waals surface area contributed by atoms with Gasteiger partial charge in [-0.15, -0.1) is 0 Å². The molecule has 0 atom stereocenters. The molecule has 4 nitrogen and oxygen atoms in total. The quantitative estimate of drug-likeness (QED) is 0.742. The van der Waals surface area contributed by atoms with Crippen molar-refractivity contribution in [2.75, 3.05) is 13.1 Å². The average Bonchev–Trinajstić information content (AvgIpc) is 2.64. The second-order valence-corrected chi connectivity index (χ2v) is 10.00. The molecule has 1 heterocycles. The molecular formula is C25H33NO3. The molecule has 2 aliphatic rings. The monoisotopic (exact) mass is 395 g/mol. The van der Waals surface area contributed by atoms with Crippen LogP contribution in [-0.2, 0) is 11.3 Å². The Bertz CT molecular complexity index is 871. The standard InChI is InChI=1S/C25H33NO3/c1-25(2,3)20-8-10-21(11-9-20)29-23-6-4-5-18-13-17(7-12-22(18)23)14-26-15-19(16-26)24(27)28/h4-7,12-13,19-21H,8-11,14-16H2,1-3H3,(H,27,28). The number of rotatable bonds is 5. The number of aliphatic carboxylic acids is 1. The first-order valence-corrected chi connectivity index (χ1v) is 10.9. The van der Waals surface area contributed by atoms with Crippen molar-refractivity contribution in [1.29, 1.82) is 0 Å². The SMILES string of the molecule is CC(C)(C)C1CCC(Oc2cccc3cc(CN4CC(C(=O)O)C4)ccc23)CC1. The van der Waals surface area contributed by atoms with Gasteiger partial charge in [-0.25, -0.2) is 0 Å². The van der Waals surface area contributed by atoms with E-state index in [1.54, 1.807) is 0 Å². The second-order valence-electron chi connectivity index (χ2n) is 10.00. The van der Waals surface area contributed by atoms with Gasteiger partial charge in [0.05, 0.1) is 12.0 Å². The highest BCUT2D eigenvalue weighted by atomic mass is 16.5. The highest BCUT2D eigenvalue weighted by molar-refractivity contribution is 5.88. The van der Waals surface area contributed by atoms with Crippen LogP contribution in [0.15, 0.2) is 36.4 Å². The number of ether oxygens (including phenoxy) is 1. The highest BCUT2D eigenvalue weighted by Crippen LogP contribution is 2.39. The van der Waals surface area contributed by atoms with Gasteiger partial charge in [0.1, 0.15) is 5.75 Å². The summed E-state index contributed by atoms with van der Waals surface area (Å²) in [5, 5.41) is 11.4. The Morgan fingerprint density at radius 3 is 2.48 bits per heavy atom. The van der Waals surface area contributed by atoms with Gasteiger partial charge in [0, 0.05) is 25.0 Å². The van der Waals surface area contributed by atoms with E-state index >= 15 is 0 Å². The molecule has 2 aromatic carbocycles. The van der Waals surface area contributed by atoms with Gasteiger partial charge in [0.25, 0.3) is 0 Å². The van der Waals surface area contributed by atoms with Gasteiger partial charge in [-0.3, -0.25) is 9.69 Å². The third-order valence-electron chi connectivity index (χ3n) is 6.81. The number of hydrogen-bond donors (Lipinski definition) is 1. The number of carboxylic acid groups (broad SMARTS) is 1. The minimum absolute atomic E-state index is 0.205. The maximum atomic E-state index is 11.0. The topological polar surface area (TPSA) is 49.8 Å². The number of benzene rings is 2. The van der Waals surface area contributed by atoms with E-state index in [4.69, 9.17) is 9.84 Å². The molecule has 2 fully saturated rings. The van der Waals surface area contributed by atoms with E-state index in [0.29, 0.717) is 24.6 Å². The zero-order valence-corrected chi connectivity index (χ0v) is 17.9. The molecule has 0 amide bonds. The van der Waals surface area contributed by atoms with Crippen molar-refractivity contribution in [2.24, 2.45) is 17.3 Å². The molecule has 0 spiro atoms. The molecule has 4 heteroatoms. The van der Waals surface area contributed by atoms with E-state index in [1.165, 1.54) is 29.2 Å². The predicted octanol–water partition coefficient (Wildman–Crippen LogP) is 5.34. The lowest BCUT2D eigenvalue weighted by Crippen LogP contribution is -2.49. The number of fused-ring (bicyclic) bond motifs is 1. The van der Waals surface area contributed by atoms with Crippen LogP contribution >= 0.6 is 0 Å². The fourth-order valence-corrected chi connectivity index (χ4v) is 4.84. The Hall–Kier alpha value is -2.07. The van der Waals surface area contributed by atoms with Crippen LogP contribution in [-0.4, -0.2) is 35.2 Å². The van der Waals surface area contributed by atoms with Crippen LogP contribution in [0.2, 0.25) is 0 Å². The highest BCUT2D eigenvalue weighted by Gasteiger charge is 2.32. The van der Waals surface area contributed by atoms with Crippen molar-refractivity contribution >= 4 is 16.7 Å². The maximum Gasteiger partial charge on any atom is 0.309 e. The summed E-state index contributed by atoms with van der Waals surface area (Å²) in [5.41, 5.74) is 1.62. The first-order valence-electron chi connectivity index (χ1n) is 10.9. The fourth-order valence-electron chi connectivity index (χ4n) is 4.84. The predicted molar refractivity (Wildman–Crippen MR) is 116 cm³/mol. The summed E-state index contributed by atoms with van der Waals surface area (Å²) in [4.78, 5) is 13.2. The molecule has 1 aliphatic carbocycles. The molecule has 1 saturated carbocycles. The lowest BCUT2D eigenvalue weighted by atomic mass is 9.72. The van der Waals surface area contributed by atoms with Gasteiger partial charge in [-0.2, -0.15) is 0 Å². The van der Waals surface area contributed by atoms with Crippen molar-refractivity contribution in [3.8, 4) is 5.75 Å². The lowest BCUT2D eigenvalue weighted by molar-refractivity contribution is -0.147. The van der Waals surface area contributed by atoms with Gasteiger partial charge in [-0.1, -0.05) is 45.0 Å². The number of nitrogens with zero attached hydrogens (tertiary/aromatic N) is 1. The Morgan fingerprint density at radius 2 is 1.83 bits per heavy atom. The van der Waals surface area contributed by atoms with E-state index in [1.807, 2.05) is 0 Å². The van der Waals surface area contributed by atoms with Crippen LogP contribution < -0.4 is 4.74 Å². The number of likely N-dealkylation sites (tertiary alicyclic amines) is 1. The first-order chi connectivity index (χ1) is 13.8. The minimum Gasteiger partial charge on any atom is -0.490 e. The van der Waals surface area contributed by atoms with Gasteiger partial charge in [0.2, 0.25) is 0 Å². The summed E-state index contributed by atoms with van der Waals surface area (Å²) >= 11 is 0. The van der Waals surface area contributed by atoms with Gasteiger partial charge < -0.3 is 9.84 Å². The van der Waals surface area contributed by atoms with Crippen molar-refractivity contribution < 1.29 is 14.6 Å². The van der Waals surface area contributed by atoms with Crippen molar-refractivity contribution in [3.05, 3.63) is 42.0 Å². The largest absolute Gasteiger partial charge is 0.490 e. The molecule has 2 aromatic rings. The third-order valence-corrected chi connectivity index (χ3v) is 6.81. The zero-order valence-electron chi connectivity index (χ0n) is 17.9. The Labute approximate surface area is 173 Å². The van der Waals surface area contributed by atoms with Crippen LogP contribution in [0.3, 0.4) is 0 Å². The van der Waals surface area contributed by atoms with Crippen molar-refractivity contribution in [2.45, 2.75) is 59.1 Å². The molecule has 1 saturated heterocycles. The van der Waals surface area contributed by atoms with Gasteiger partial charge >= 0.3 is 5.97 Å². The van der Waals surface area contributed by atoms with Crippen LogP contribution in [0.25, 0.3) is 10.8 Å². The van der Waals surface area contributed by atoms with E-state index in [-0.39, 0.29) is 5.92 Å². The molecular weight excluding hydrogens is 362 g/mol. The van der Waals surface area contributed by atoms with E-state index in [9.17, 15) is 4.79 Å². The smallest absolute Gasteiger partial charge is 0.309 e. The average molecular weight is 396 g/mol. The summed E-state index contributed by atoms with van der Waals surface area (Å²) in [7, 11) is 0. The Kier molecular flexibility index (Phi) is 5.56. The van der Waals surface area contributed by atoms with Crippen molar-refractivity contribution in [3.63, 3.8) is 0 Å². The summed E-state index contributed by atoms with van der Waals surface area (Å²) in [5.74, 6) is 0.893. The van der Waals surface area contributed by atoms with Gasteiger partial charge in [-0.05, 0) is 60.1 Å². The summed E-state index contributed by atoms with van der Waals surface area (Å²) in [6.45, 7) is 9.15. The van der Waals surface area contributed by atoms with E-state index in [2.05, 4.69) is 62.1 Å². The van der Waals surface area contributed by atoms with Crippen LogP contribution in [0.5, 0.6) is 5.75 Å². The molecule has 1 aliphatic heterocycles. The minimum atomic E-state index is -0.682. The first kappa shape index (κ1) is 20.2. The zero-order chi connectivity index (χ0) is 20.6. The molecule has 0 unspecified atom stereocenters. The second kappa shape index (κ2) is 7.98. The Balaban J connectivity index is 1.40.